The summed E-state index contributed by atoms with van der Waals surface area (Å²) in [4.78, 5) is 36.3. The first-order chi connectivity index (χ1) is 16.3. The van der Waals surface area contributed by atoms with Crippen LogP contribution < -0.4 is 5.32 Å². The molecule has 0 spiro atoms. The minimum Gasteiger partial charge on any atom is -0.462 e. The van der Waals surface area contributed by atoms with E-state index in [9.17, 15) is 22.8 Å². The maximum Gasteiger partial charge on any atom is 0.338 e. The molecule has 0 saturated carbocycles. The van der Waals surface area contributed by atoms with Gasteiger partial charge in [-0.15, -0.1) is 0 Å². The Morgan fingerprint density at radius 3 is 2.18 bits per heavy atom. The van der Waals surface area contributed by atoms with E-state index < -0.39 is 34.5 Å². The van der Waals surface area contributed by atoms with Crippen LogP contribution in [0.4, 0.5) is 5.69 Å². The zero-order chi connectivity index (χ0) is 24.6. The second-order valence-corrected chi connectivity index (χ2v) is 9.71. The van der Waals surface area contributed by atoms with E-state index in [0.717, 1.165) is 25.7 Å². The summed E-state index contributed by atoms with van der Waals surface area (Å²) < 4.78 is 37.3. The molecule has 2 aromatic carbocycles. The monoisotopic (exact) mass is 488 g/mol. The van der Waals surface area contributed by atoms with E-state index in [4.69, 9.17) is 9.47 Å². The Morgan fingerprint density at radius 1 is 0.882 bits per heavy atom. The predicted molar refractivity (Wildman–Crippen MR) is 125 cm³/mol. The highest BCUT2D eigenvalue weighted by Crippen LogP contribution is 2.21. The standard InChI is InChI=1S/C24H28N2O7S/c1-2-32-23(28)18-10-12-20(13-11-18)25-22(27)17-33-24(29)19-8-7-9-21(16-19)34(30,31)26-14-5-3-4-6-15-26/h7-13,16H,2-6,14-15,17H2,1H3,(H,25,27). The van der Waals surface area contributed by atoms with Crippen molar-refractivity contribution in [1.82, 2.24) is 4.31 Å². The molecule has 0 radical (unpaired) electrons. The molecule has 34 heavy (non-hydrogen) atoms. The molecule has 1 aliphatic heterocycles. The summed E-state index contributed by atoms with van der Waals surface area (Å²) in [6, 6.07) is 11.7. The molecular weight excluding hydrogens is 460 g/mol. The van der Waals surface area contributed by atoms with Crippen LogP contribution in [0.15, 0.2) is 53.4 Å². The predicted octanol–water partition coefficient (Wildman–Crippen LogP) is 3.22. The Hall–Kier alpha value is -3.24. The van der Waals surface area contributed by atoms with Crippen molar-refractivity contribution in [3.63, 3.8) is 0 Å². The molecule has 1 N–H and O–H groups in total. The SMILES string of the molecule is CCOC(=O)c1ccc(NC(=O)COC(=O)c2cccc(S(=O)(=O)N3CCCCCC3)c2)cc1. The van der Waals surface area contributed by atoms with Crippen LogP contribution >= 0.6 is 0 Å². The first-order valence-electron chi connectivity index (χ1n) is 11.2. The van der Waals surface area contributed by atoms with Gasteiger partial charge < -0.3 is 14.8 Å². The quantitative estimate of drug-likeness (QED) is 0.567. The van der Waals surface area contributed by atoms with Crippen LogP contribution in [-0.4, -0.2) is 56.9 Å². The van der Waals surface area contributed by atoms with Crippen LogP contribution in [0.25, 0.3) is 0 Å². The van der Waals surface area contributed by atoms with Crippen LogP contribution in [0.2, 0.25) is 0 Å². The molecule has 1 heterocycles. The van der Waals surface area contributed by atoms with Gasteiger partial charge in [-0.1, -0.05) is 18.9 Å². The van der Waals surface area contributed by atoms with Crippen molar-refractivity contribution in [3.05, 3.63) is 59.7 Å². The van der Waals surface area contributed by atoms with E-state index in [1.54, 1.807) is 6.92 Å². The van der Waals surface area contributed by atoms with Crippen molar-refractivity contribution < 1.29 is 32.3 Å². The Kier molecular flexibility index (Phi) is 8.78. The van der Waals surface area contributed by atoms with Crippen molar-refractivity contribution in [2.45, 2.75) is 37.5 Å². The van der Waals surface area contributed by atoms with Crippen LogP contribution in [0.1, 0.15) is 53.3 Å². The number of esters is 2. The molecule has 3 rings (SSSR count). The number of amides is 1. The number of nitrogens with zero attached hydrogens (tertiary/aromatic N) is 1. The van der Waals surface area contributed by atoms with Crippen LogP contribution in [0, 0.1) is 0 Å². The number of carbonyl (C=O) groups is 3. The van der Waals surface area contributed by atoms with E-state index in [0.29, 0.717) is 24.3 Å². The number of benzene rings is 2. The summed E-state index contributed by atoms with van der Waals surface area (Å²) in [6.45, 7) is 2.33. The summed E-state index contributed by atoms with van der Waals surface area (Å²) in [5.74, 6) is -1.85. The van der Waals surface area contributed by atoms with Gasteiger partial charge in [0.15, 0.2) is 6.61 Å². The smallest absolute Gasteiger partial charge is 0.338 e. The van der Waals surface area contributed by atoms with E-state index in [1.807, 2.05) is 0 Å². The molecule has 0 unspecified atom stereocenters. The van der Waals surface area contributed by atoms with E-state index in [-0.39, 0.29) is 17.1 Å². The number of ether oxygens (including phenoxy) is 2. The second-order valence-electron chi connectivity index (χ2n) is 7.77. The van der Waals surface area contributed by atoms with Gasteiger partial charge in [0.25, 0.3) is 5.91 Å². The minimum atomic E-state index is -3.71. The summed E-state index contributed by atoms with van der Waals surface area (Å²) in [5.41, 5.74) is 0.809. The molecule has 1 saturated heterocycles. The average molecular weight is 489 g/mol. The molecular formula is C24H28N2O7S. The Balaban J connectivity index is 1.57. The zero-order valence-corrected chi connectivity index (χ0v) is 19.8. The van der Waals surface area contributed by atoms with Gasteiger partial charge in [-0.2, -0.15) is 4.31 Å². The molecule has 0 bridgehead atoms. The first kappa shape index (κ1) is 25.4. The molecule has 0 aromatic heterocycles. The van der Waals surface area contributed by atoms with E-state index in [1.165, 1.54) is 52.8 Å². The van der Waals surface area contributed by atoms with Crippen molar-refractivity contribution in [1.29, 1.82) is 0 Å². The summed E-state index contributed by atoms with van der Waals surface area (Å²) >= 11 is 0. The van der Waals surface area contributed by atoms with Gasteiger partial charge >= 0.3 is 11.9 Å². The highest BCUT2D eigenvalue weighted by molar-refractivity contribution is 7.89. The molecule has 1 amide bonds. The molecule has 0 aliphatic carbocycles. The first-order valence-corrected chi connectivity index (χ1v) is 12.6. The lowest BCUT2D eigenvalue weighted by Crippen LogP contribution is -2.32. The van der Waals surface area contributed by atoms with Crippen molar-refractivity contribution in [3.8, 4) is 0 Å². The van der Waals surface area contributed by atoms with Crippen molar-refractivity contribution in [2.24, 2.45) is 0 Å². The lowest BCUT2D eigenvalue weighted by molar-refractivity contribution is -0.119. The largest absolute Gasteiger partial charge is 0.462 e. The van der Waals surface area contributed by atoms with Crippen LogP contribution in [0.5, 0.6) is 0 Å². The Bertz CT molecular complexity index is 1120. The third-order valence-corrected chi connectivity index (χ3v) is 7.18. The Morgan fingerprint density at radius 2 is 1.53 bits per heavy atom. The van der Waals surface area contributed by atoms with Gasteiger partial charge in [-0.3, -0.25) is 4.79 Å². The number of hydrogen-bond donors (Lipinski definition) is 1. The van der Waals surface area contributed by atoms with Gasteiger partial charge in [0.05, 0.1) is 22.6 Å². The lowest BCUT2D eigenvalue weighted by Gasteiger charge is -2.20. The lowest BCUT2D eigenvalue weighted by atomic mass is 10.2. The maximum atomic E-state index is 13.0. The topological polar surface area (TPSA) is 119 Å². The number of rotatable bonds is 8. The molecule has 1 fully saturated rings. The van der Waals surface area contributed by atoms with Gasteiger partial charge in [-0.05, 0) is 62.2 Å². The number of hydrogen-bond acceptors (Lipinski definition) is 7. The fourth-order valence-electron chi connectivity index (χ4n) is 3.53. The Labute approximate surface area is 199 Å². The molecule has 10 heteroatoms. The van der Waals surface area contributed by atoms with E-state index in [2.05, 4.69) is 5.32 Å². The number of nitrogens with one attached hydrogen (secondary N) is 1. The highest BCUT2D eigenvalue weighted by atomic mass is 32.2. The summed E-state index contributed by atoms with van der Waals surface area (Å²) in [6.07, 6.45) is 3.61. The number of carbonyl (C=O) groups excluding carboxylic acids is 3. The van der Waals surface area contributed by atoms with Gasteiger partial charge in [0, 0.05) is 18.8 Å². The average Bonchev–Trinajstić information content (AvgIpc) is 3.13. The third-order valence-electron chi connectivity index (χ3n) is 5.29. The molecule has 2 aromatic rings. The number of anilines is 1. The molecule has 0 atom stereocenters. The normalized spacial score (nSPS) is 14.6. The third kappa shape index (κ3) is 6.64. The molecule has 9 nitrogen and oxygen atoms in total. The number of sulfonamides is 1. The van der Waals surface area contributed by atoms with Gasteiger partial charge in [0.2, 0.25) is 10.0 Å². The van der Waals surface area contributed by atoms with Crippen LogP contribution in [-0.2, 0) is 24.3 Å². The minimum absolute atomic E-state index is 0.0231. The van der Waals surface area contributed by atoms with Crippen LogP contribution in [0.3, 0.4) is 0 Å². The zero-order valence-electron chi connectivity index (χ0n) is 19.0. The fourth-order valence-corrected chi connectivity index (χ4v) is 5.09. The molecule has 182 valence electrons. The maximum absolute atomic E-state index is 13.0. The second kappa shape index (κ2) is 11.8. The van der Waals surface area contributed by atoms with Crippen molar-refractivity contribution >= 4 is 33.6 Å². The van der Waals surface area contributed by atoms with E-state index >= 15 is 0 Å². The summed E-state index contributed by atoms with van der Waals surface area (Å²) in [5, 5.41) is 2.56. The molecule has 1 aliphatic rings. The summed E-state index contributed by atoms with van der Waals surface area (Å²) in [7, 11) is -3.71. The van der Waals surface area contributed by atoms with Crippen molar-refractivity contribution in [2.75, 3.05) is 31.6 Å². The van der Waals surface area contributed by atoms with Gasteiger partial charge in [0.1, 0.15) is 0 Å². The van der Waals surface area contributed by atoms with Gasteiger partial charge in [-0.25, -0.2) is 18.0 Å². The highest BCUT2D eigenvalue weighted by Gasteiger charge is 2.26. The fraction of sp³-hybridized carbons (Fsp3) is 0.375.